The van der Waals surface area contributed by atoms with Crippen LogP contribution in [0.25, 0.3) is 0 Å². The van der Waals surface area contributed by atoms with Crippen LogP contribution in [-0.4, -0.2) is 51.2 Å². The highest BCUT2D eigenvalue weighted by molar-refractivity contribution is 6.01. The number of rotatable bonds is 7. The summed E-state index contributed by atoms with van der Waals surface area (Å²) in [6.07, 6.45) is 2.25. The van der Waals surface area contributed by atoms with Crippen molar-refractivity contribution < 1.29 is 23.5 Å². The Bertz CT molecular complexity index is 659. The first kappa shape index (κ1) is 18.8. The molecule has 0 unspecified atom stereocenters. The predicted molar refractivity (Wildman–Crippen MR) is 94.4 cm³/mol. The lowest BCUT2D eigenvalue weighted by Gasteiger charge is -2.36. The fraction of sp³-hybridized carbons (Fsp3) is 0.579. The third kappa shape index (κ3) is 4.40. The smallest absolute Gasteiger partial charge is 0.226 e. The number of ether oxygens (including phenoxy) is 2. The van der Waals surface area contributed by atoms with Gasteiger partial charge < -0.3 is 19.6 Å². The molecule has 6 nitrogen and oxygen atoms in total. The fourth-order valence-electron chi connectivity index (χ4n) is 3.55. The molecule has 1 amide bonds. The van der Waals surface area contributed by atoms with E-state index in [4.69, 9.17) is 14.3 Å². The van der Waals surface area contributed by atoms with Crippen LogP contribution in [0, 0.1) is 11.2 Å². The maximum atomic E-state index is 13.4. The lowest BCUT2D eigenvalue weighted by molar-refractivity contribution is -0.140. The van der Waals surface area contributed by atoms with E-state index in [2.05, 4.69) is 10.5 Å². The first-order valence-corrected chi connectivity index (χ1v) is 8.96. The zero-order valence-corrected chi connectivity index (χ0v) is 15.0. The quantitative estimate of drug-likeness (QED) is 0.754. The van der Waals surface area contributed by atoms with E-state index in [1.54, 1.807) is 13.2 Å². The second kappa shape index (κ2) is 8.60. The van der Waals surface area contributed by atoms with Gasteiger partial charge in [0.2, 0.25) is 5.91 Å². The summed E-state index contributed by atoms with van der Waals surface area (Å²) >= 11 is 0. The topological polar surface area (TPSA) is 69.2 Å². The highest BCUT2D eigenvalue weighted by atomic mass is 19.1. The van der Waals surface area contributed by atoms with Crippen LogP contribution in [0.2, 0.25) is 0 Å². The molecule has 1 saturated heterocycles. The number of halogens is 1. The van der Waals surface area contributed by atoms with Gasteiger partial charge in [-0.25, -0.2) is 4.39 Å². The molecule has 1 atom stereocenters. The first-order valence-electron chi connectivity index (χ1n) is 8.96. The lowest BCUT2D eigenvalue weighted by Crippen LogP contribution is -2.47. The van der Waals surface area contributed by atoms with Gasteiger partial charge in [0.05, 0.1) is 17.7 Å². The number of amides is 1. The number of carbonyl (C=O) groups excluding carboxylic acids is 1. The van der Waals surface area contributed by atoms with Crippen molar-refractivity contribution in [3.8, 4) is 0 Å². The second-order valence-electron chi connectivity index (χ2n) is 6.83. The van der Waals surface area contributed by atoms with Crippen molar-refractivity contribution in [2.45, 2.75) is 31.8 Å². The van der Waals surface area contributed by atoms with Gasteiger partial charge in [-0.2, -0.15) is 0 Å². The molecule has 0 aromatic heterocycles. The number of nitrogens with zero attached hydrogens (tertiary/aromatic N) is 1. The molecule has 1 aromatic rings. The molecule has 2 heterocycles. The van der Waals surface area contributed by atoms with E-state index in [-0.39, 0.29) is 17.8 Å². The minimum Gasteiger partial charge on any atom is -0.392 e. The van der Waals surface area contributed by atoms with Gasteiger partial charge >= 0.3 is 0 Å². The van der Waals surface area contributed by atoms with Crippen molar-refractivity contribution in [1.29, 1.82) is 0 Å². The van der Waals surface area contributed by atoms with Crippen molar-refractivity contribution in [3.63, 3.8) is 0 Å². The van der Waals surface area contributed by atoms with Gasteiger partial charge in [0.1, 0.15) is 11.9 Å². The molecule has 2 aliphatic rings. The van der Waals surface area contributed by atoms with Crippen LogP contribution in [0.4, 0.5) is 4.39 Å². The molecule has 0 radical (unpaired) electrons. The van der Waals surface area contributed by atoms with Crippen molar-refractivity contribution >= 4 is 11.6 Å². The Hall–Kier alpha value is -1.99. The molecular formula is C19H25FN2O4. The first-order chi connectivity index (χ1) is 12.6. The summed E-state index contributed by atoms with van der Waals surface area (Å²) < 4.78 is 23.9. The predicted octanol–water partition coefficient (Wildman–Crippen LogP) is 2.27. The van der Waals surface area contributed by atoms with Crippen LogP contribution >= 0.6 is 0 Å². The number of nitrogens with one attached hydrogen (secondary N) is 1. The van der Waals surface area contributed by atoms with Crippen LogP contribution in [-0.2, 0) is 19.1 Å². The van der Waals surface area contributed by atoms with E-state index in [0.29, 0.717) is 52.0 Å². The number of carbonyl (C=O) groups is 1. The maximum Gasteiger partial charge on any atom is 0.226 e. The van der Waals surface area contributed by atoms with Gasteiger partial charge in [0, 0.05) is 45.3 Å². The lowest BCUT2D eigenvalue weighted by atomic mass is 9.74. The summed E-state index contributed by atoms with van der Waals surface area (Å²) in [5.74, 6) is -0.285. The zero-order valence-electron chi connectivity index (χ0n) is 15.0. The van der Waals surface area contributed by atoms with E-state index < -0.39 is 5.41 Å². The molecule has 26 heavy (non-hydrogen) atoms. The average molecular weight is 364 g/mol. The Kier molecular flexibility index (Phi) is 6.21. The van der Waals surface area contributed by atoms with Gasteiger partial charge in [-0.05, 0) is 25.0 Å². The number of benzene rings is 1. The number of oxime groups is 1. The highest BCUT2D eigenvalue weighted by Gasteiger charge is 2.43. The van der Waals surface area contributed by atoms with Gasteiger partial charge in [-0.15, -0.1) is 0 Å². The number of hydrogen-bond donors (Lipinski definition) is 1. The van der Waals surface area contributed by atoms with Crippen LogP contribution in [0.15, 0.2) is 29.4 Å². The zero-order chi connectivity index (χ0) is 18.4. The molecule has 1 aromatic carbocycles. The molecular weight excluding hydrogens is 339 g/mol. The number of hydrogen-bond acceptors (Lipinski definition) is 5. The van der Waals surface area contributed by atoms with Crippen LogP contribution in [0.3, 0.4) is 0 Å². The molecule has 7 heteroatoms. The van der Waals surface area contributed by atoms with Crippen molar-refractivity contribution in [1.82, 2.24) is 5.32 Å². The summed E-state index contributed by atoms with van der Waals surface area (Å²) in [6.45, 7) is 2.07. The average Bonchev–Trinajstić information content (AvgIpc) is 3.11. The van der Waals surface area contributed by atoms with Gasteiger partial charge in [-0.1, -0.05) is 17.3 Å². The van der Waals surface area contributed by atoms with E-state index in [1.165, 1.54) is 12.1 Å². The maximum absolute atomic E-state index is 13.4. The fourth-order valence-corrected chi connectivity index (χ4v) is 3.55. The minimum atomic E-state index is -0.524. The Morgan fingerprint density at radius 2 is 2.23 bits per heavy atom. The summed E-state index contributed by atoms with van der Waals surface area (Å²) in [4.78, 5) is 18.4. The van der Waals surface area contributed by atoms with Crippen LogP contribution < -0.4 is 5.32 Å². The Labute approximate surface area is 152 Å². The highest BCUT2D eigenvalue weighted by Crippen LogP contribution is 2.38. The molecule has 1 fully saturated rings. The molecule has 2 aliphatic heterocycles. The van der Waals surface area contributed by atoms with Gasteiger partial charge in [0.25, 0.3) is 0 Å². The molecule has 0 bridgehead atoms. The SMILES string of the molecule is COCCNC(=O)C1(C[C@H]2CC(c3cccc(F)c3)=NO2)CCOCC1. The Morgan fingerprint density at radius 1 is 1.42 bits per heavy atom. The molecule has 3 rings (SSSR count). The monoisotopic (exact) mass is 364 g/mol. The summed E-state index contributed by atoms with van der Waals surface area (Å²) in [5, 5.41) is 7.08. The van der Waals surface area contributed by atoms with Crippen molar-refractivity contribution in [3.05, 3.63) is 35.6 Å². The Balaban J connectivity index is 1.64. The normalized spacial score (nSPS) is 21.8. The largest absolute Gasteiger partial charge is 0.392 e. The third-order valence-corrected chi connectivity index (χ3v) is 5.03. The van der Waals surface area contributed by atoms with E-state index in [1.807, 2.05) is 6.07 Å². The van der Waals surface area contributed by atoms with Gasteiger partial charge in [0.15, 0.2) is 0 Å². The molecule has 142 valence electrons. The summed E-state index contributed by atoms with van der Waals surface area (Å²) in [7, 11) is 1.61. The van der Waals surface area contributed by atoms with E-state index in [9.17, 15) is 9.18 Å². The summed E-state index contributed by atoms with van der Waals surface area (Å²) in [6, 6.07) is 6.32. The number of methoxy groups -OCH3 is 1. The molecule has 0 spiro atoms. The second-order valence-corrected chi connectivity index (χ2v) is 6.83. The van der Waals surface area contributed by atoms with E-state index >= 15 is 0 Å². The molecule has 1 N–H and O–H groups in total. The van der Waals surface area contributed by atoms with Crippen LogP contribution in [0.5, 0.6) is 0 Å². The standard InChI is InChI=1S/C19H25FN2O4/c1-24-10-7-21-18(23)19(5-8-25-9-6-19)13-16-12-17(22-26-16)14-3-2-4-15(20)11-14/h2-4,11,16H,5-10,12-13H2,1H3,(H,21,23)/t16-/m1/s1. The van der Waals surface area contributed by atoms with Crippen molar-refractivity contribution in [2.24, 2.45) is 10.6 Å². The third-order valence-electron chi connectivity index (χ3n) is 5.03. The van der Waals surface area contributed by atoms with E-state index in [0.717, 1.165) is 11.3 Å². The summed E-state index contributed by atoms with van der Waals surface area (Å²) in [5.41, 5.74) is 0.915. The van der Waals surface area contributed by atoms with Crippen LogP contribution in [0.1, 0.15) is 31.2 Å². The Morgan fingerprint density at radius 3 is 2.96 bits per heavy atom. The molecule has 0 saturated carbocycles. The molecule has 0 aliphatic carbocycles. The van der Waals surface area contributed by atoms with Crippen molar-refractivity contribution in [2.75, 3.05) is 33.5 Å². The minimum absolute atomic E-state index is 0.0145. The van der Waals surface area contributed by atoms with Gasteiger partial charge in [-0.3, -0.25) is 4.79 Å².